The molecule has 30 heavy (non-hydrogen) atoms. The molecule has 3 fully saturated rings. The van der Waals surface area contributed by atoms with Crippen LogP contribution < -0.4 is 11.1 Å². The molecule has 2 saturated heterocycles. The third-order valence-corrected chi connectivity index (χ3v) is 7.34. The van der Waals surface area contributed by atoms with E-state index in [1.807, 2.05) is 9.47 Å². The number of anilines is 1. The Kier molecular flexibility index (Phi) is 4.73. The van der Waals surface area contributed by atoms with E-state index in [0.29, 0.717) is 42.7 Å². The van der Waals surface area contributed by atoms with Crippen LogP contribution in [0.3, 0.4) is 0 Å². The Morgan fingerprint density at radius 1 is 1.20 bits per heavy atom. The number of nitrogens with zero attached hydrogens (tertiary/aromatic N) is 4. The topological polar surface area (TPSA) is 112 Å². The molecule has 1 saturated carbocycles. The Bertz CT molecular complexity index is 931. The molecule has 5 N–H and O–H groups in total. The van der Waals surface area contributed by atoms with Gasteiger partial charge in [0.2, 0.25) is 0 Å². The van der Waals surface area contributed by atoms with Crippen molar-refractivity contribution in [3.8, 4) is 0 Å². The van der Waals surface area contributed by atoms with Crippen molar-refractivity contribution in [2.24, 2.45) is 5.92 Å². The maximum Gasteiger partial charge on any atom is 0.262 e. The highest BCUT2D eigenvalue weighted by Crippen LogP contribution is 2.46. The molecule has 3 aliphatic rings. The Morgan fingerprint density at radius 2 is 1.97 bits per heavy atom. The predicted octanol–water partition coefficient (Wildman–Crippen LogP) is 0.759. The standard InChI is InChI=1S/C20H28F2N6O2/c21-20(22)9-19(2-4-24-5-3-19)27(10-20)8-12-7-14(16(30)15(12)29)28-6-1-13-17(23)25-11-26-18(13)28/h1,6,11-12,14-16,24,29-30H,2-5,7-10H2,(H2,23,25,26)/t12-,14-,15-,16+/m1/s1. The van der Waals surface area contributed by atoms with E-state index >= 15 is 0 Å². The van der Waals surface area contributed by atoms with Gasteiger partial charge in [0.25, 0.3) is 5.92 Å². The average Bonchev–Trinajstić information content (AvgIpc) is 3.32. The first kappa shape index (κ1) is 20.0. The smallest absolute Gasteiger partial charge is 0.262 e. The van der Waals surface area contributed by atoms with Crippen LogP contribution in [0.5, 0.6) is 0 Å². The maximum absolute atomic E-state index is 14.4. The van der Waals surface area contributed by atoms with Crippen LogP contribution in [0.15, 0.2) is 18.6 Å². The van der Waals surface area contributed by atoms with Crippen molar-refractivity contribution < 1.29 is 19.0 Å². The van der Waals surface area contributed by atoms with Crippen LogP contribution in [0.4, 0.5) is 14.6 Å². The molecule has 0 aromatic carbocycles. The second kappa shape index (κ2) is 7.08. The number of halogens is 2. The number of piperidine rings is 1. The number of nitrogens with two attached hydrogens (primary N) is 1. The molecule has 1 aliphatic carbocycles. The third-order valence-electron chi connectivity index (χ3n) is 7.34. The molecule has 4 atom stereocenters. The van der Waals surface area contributed by atoms with Gasteiger partial charge >= 0.3 is 0 Å². The lowest BCUT2D eigenvalue weighted by Crippen LogP contribution is -2.52. The van der Waals surface area contributed by atoms with Gasteiger partial charge in [-0.3, -0.25) is 4.90 Å². The van der Waals surface area contributed by atoms with Crippen LogP contribution >= 0.6 is 0 Å². The molecule has 1 spiro atoms. The largest absolute Gasteiger partial charge is 0.390 e. The van der Waals surface area contributed by atoms with Crippen molar-refractivity contribution in [3.05, 3.63) is 18.6 Å². The van der Waals surface area contributed by atoms with Crippen LogP contribution in [0.1, 0.15) is 31.7 Å². The summed E-state index contributed by atoms with van der Waals surface area (Å²) in [6.07, 6.45) is 2.87. The fourth-order valence-corrected chi connectivity index (χ4v) is 5.84. The lowest BCUT2D eigenvalue weighted by molar-refractivity contribution is -0.0121. The van der Waals surface area contributed by atoms with Gasteiger partial charge < -0.3 is 25.8 Å². The summed E-state index contributed by atoms with van der Waals surface area (Å²) in [6, 6.07) is 1.39. The number of nitrogen functional groups attached to an aromatic ring is 1. The van der Waals surface area contributed by atoms with Gasteiger partial charge in [0.15, 0.2) is 0 Å². The van der Waals surface area contributed by atoms with Crippen molar-refractivity contribution in [2.45, 2.75) is 55.4 Å². The summed E-state index contributed by atoms with van der Waals surface area (Å²) in [5, 5.41) is 25.5. The minimum absolute atomic E-state index is 0.130. The Balaban J connectivity index is 1.39. The van der Waals surface area contributed by atoms with Crippen molar-refractivity contribution in [1.82, 2.24) is 24.8 Å². The quantitative estimate of drug-likeness (QED) is 0.578. The van der Waals surface area contributed by atoms with Gasteiger partial charge in [0.05, 0.1) is 24.1 Å². The molecular formula is C20H28F2N6O2. The van der Waals surface area contributed by atoms with Gasteiger partial charge in [-0.15, -0.1) is 0 Å². The summed E-state index contributed by atoms with van der Waals surface area (Å²) in [6.45, 7) is 1.51. The predicted molar refractivity (Wildman–Crippen MR) is 107 cm³/mol. The van der Waals surface area contributed by atoms with E-state index in [1.54, 1.807) is 12.3 Å². The van der Waals surface area contributed by atoms with E-state index in [9.17, 15) is 19.0 Å². The second-order valence-corrected chi connectivity index (χ2v) is 9.15. The summed E-state index contributed by atoms with van der Waals surface area (Å²) < 4.78 is 30.6. The zero-order chi connectivity index (χ0) is 21.1. The number of alkyl halides is 2. The fraction of sp³-hybridized carbons (Fsp3) is 0.700. The monoisotopic (exact) mass is 422 g/mol. The molecule has 10 heteroatoms. The lowest BCUT2D eigenvalue weighted by atomic mass is 9.84. The first-order valence-corrected chi connectivity index (χ1v) is 10.6. The molecule has 2 aliphatic heterocycles. The van der Waals surface area contributed by atoms with E-state index in [1.165, 1.54) is 6.33 Å². The molecule has 2 aromatic heterocycles. The summed E-state index contributed by atoms with van der Waals surface area (Å²) in [5.74, 6) is -2.66. The zero-order valence-corrected chi connectivity index (χ0v) is 16.7. The molecular weight excluding hydrogens is 394 g/mol. The Morgan fingerprint density at radius 3 is 2.73 bits per heavy atom. The number of hydrogen-bond donors (Lipinski definition) is 4. The Labute approximate surface area is 173 Å². The highest BCUT2D eigenvalue weighted by atomic mass is 19.3. The SMILES string of the molecule is Nc1ncnc2c1ccn2[C@@H]1C[C@H](CN2CC(F)(F)CC23CCNCC3)[C@@H](O)[C@H]1O. The summed E-state index contributed by atoms with van der Waals surface area (Å²) in [7, 11) is 0. The first-order chi connectivity index (χ1) is 14.3. The van der Waals surface area contributed by atoms with Crippen LogP contribution in [0.2, 0.25) is 0 Å². The molecule has 8 nitrogen and oxygen atoms in total. The van der Waals surface area contributed by atoms with Gasteiger partial charge in [-0.1, -0.05) is 0 Å². The van der Waals surface area contributed by atoms with Gasteiger partial charge in [0.1, 0.15) is 23.9 Å². The summed E-state index contributed by atoms with van der Waals surface area (Å²) >= 11 is 0. The van der Waals surface area contributed by atoms with Crippen molar-refractivity contribution in [2.75, 3.05) is 31.9 Å². The number of likely N-dealkylation sites (tertiary alicyclic amines) is 1. The van der Waals surface area contributed by atoms with Crippen LogP contribution in [-0.4, -0.2) is 79.5 Å². The number of aliphatic hydroxyl groups excluding tert-OH is 2. The number of aliphatic hydroxyl groups is 2. The molecule has 0 radical (unpaired) electrons. The van der Waals surface area contributed by atoms with E-state index in [4.69, 9.17) is 5.73 Å². The van der Waals surface area contributed by atoms with E-state index in [-0.39, 0.29) is 18.9 Å². The first-order valence-electron chi connectivity index (χ1n) is 10.6. The average molecular weight is 422 g/mol. The number of nitrogens with one attached hydrogen (secondary N) is 1. The number of fused-ring (bicyclic) bond motifs is 1. The number of rotatable bonds is 3. The molecule has 164 valence electrons. The molecule has 2 aromatic rings. The molecule has 4 heterocycles. The summed E-state index contributed by atoms with van der Waals surface area (Å²) in [5.41, 5.74) is 5.98. The van der Waals surface area contributed by atoms with Gasteiger partial charge in [0, 0.05) is 30.6 Å². The normalized spacial score (nSPS) is 33.6. The van der Waals surface area contributed by atoms with Crippen LogP contribution in [0, 0.1) is 5.92 Å². The van der Waals surface area contributed by atoms with Crippen molar-refractivity contribution in [3.63, 3.8) is 0 Å². The van der Waals surface area contributed by atoms with Crippen molar-refractivity contribution >= 4 is 16.9 Å². The van der Waals surface area contributed by atoms with E-state index in [2.05, 4.69) is 15.3 Å². The lowest BCUT2D eigenvalue weighted by Gasteiger charge is -2.42. The highest BCUT2D eigenvalue weighted by molar-refractivity contribution is 5.86. The van der Waals surface area contributed by atoms with E-state index < -0.39 is 29.7 Å². The highest BCUT2D eigenvalue weighted by Gasteiger charge is 2.56. The van der Waals surface area contributed by atoms with Gasteiger partial charge in [-0.05, 0) is 38.4 Å². The fourth-order valence-electron chi connectivity index (χ4n) is 5.84. The van der Waals surface area contributed by atoms with Crippen molar-refractivity contribution in [1.29, 1.82) is 0 Å². The minimum atomic E-state index is -2.72. The van der Waals surface area contributed by atoms with Gasteiger partial charge in [-0.25, -0.2) is 18.7 Å². The Hall–Kier alpha value is -1.88. The number of hydrogen-bond acceptors (Lipinski definition) is 7. The third kappa shape index (κ3) is 3.17. The number of aromatic nitrogens is 3. The van der Waals surface area contributed by atoms with Gasteiger partial charge in [-0.2, -0.15) is 0 Å². The molecule has 0 bridgehead atoms. The minimum Gasteiger partial charge on any atom is -0.390 e. The maximum atomic E-state index is 14.4. The van der Waals surface area contributed by atoms with E-state index in [0.717, 1.165) is 13.1 Å². The second-order valence-electron chi connectivity index (χ2n) is 9.15. The van der Waals surface area contributed by atoms with Crippen LogP contribution in [-0.2, 0) is 0 Å². The molecule has 0 unspecified atom stereocenters. The molecule has 5 rings (SSSR count). The zero-order valence-electron chi connectivity index (χ0n) is 16.7. The molecule has 0 amide bonds. The van der Waals surface area contributed by atoms with Crippen LogP contribution in [0.25, 0.3) is 11.0 Å². The summed E-state index contributed by atoms with van der Waals surface area (Å²) in [4.78, 5) is 10.1.